The predicted octanol–water partition coefficient (Wildman–Crippen LogP) is 4.17. The van der Waals surface area contributed by atoms with E-state index in [1.165, 1.54) is 18.6 Å². The summed E-state index contributed by atoms with van der Waals surface area (Å²) in [5, 5.41) is 7.36. The Kier molecular flexibility index (Phi) is 6.51. The van der Waals surface area contributed by atoms with Gasteiger partial charge in [0.2, 0.25) is 5.88 Å². The highest BCUT2D eigenvalue weighted by Crippen LogP contribution is 2.29. The van der Waals surface area contributed by atoms with Crippen molar-refractivity contribution in [3.63, 3.8) is 0 Å². The van der Waals surface area contributed by atoms with Gasteiger partial charge in [-0.1, -0.05) is 17.3 Å². The molecule has 3 rings (SSSR count). The van der Waals surface area contributed by atoms with Gasteiger partial charge in [-0.05, 0) is 50.1 Å². The van der Waals surface area contributed by atoms with Gasteiger partial charge in [0.05, 0.1) is 11.3 Å². The van der Waals surface area contributed by atoms with E-state index >= 15 is 0 Å². The number of nitrogens with zero attached hydrogens (tertiary/aromatic N) is 2. The molecule has 1 aromatic heterocycles. The van der Waals surface area contributed by atoms with Crippen molar-refractivity contribution in [3.05, 3.63) is 59.3 Å². The lowest BCUT2D eigenvalue weighted by molar-refractivity contribution is -0.137. The molecular weight excluding hydrogens is 371 g/mol. The second-order valence-corrected chi connectivity index (χ2v) is 6.63. The van der Waals surface area contributed by atoms with Gasteiger partial charge in [0.1, 0.15) is 13.2 Å². The van der Waals surface area contributed by atoms with Crippen LogP contribution in [0.2, 0.25) is 0 Å². The van der Waals surface area contributed by atoms with Crippen molar-refractivity contribution in [1.82, 2.24) is 10.3 Å². The minimum absolute atomic E-state index is 0.0818. The normalized spacial score (nSPS) is 17.6. The van der Waals surface area contributed by atoms with Crippen molar-refractivity contribution in [1.29, 1.82) is 0 Å². The molecule has 1 atom stereocenters. The Hall–Kier alpha value is -2.61. The zero-order valence-corrected chi connectivity index (χ0v) is 15.5. The number of halogens is 3. The molecule has 5 nitrogen and oxygen atoms in total. The molecule has 2 aromatic rings. The van der Waals surface area contributed by atoms with Crippen LogP contribution >= 0.6 is 0 Å². The summed E-state index contributed by atoms with van der Waals surface area (Å²) >= 11 is 0. The summed E-state index contributed by atoms with van der Waals surface area (Å²) in [5.41, 5.74) is 1.31. The lowest BCUT2D eigenvalue weighted by Gasteiger charge is -2.11. The Bertz CT molecular complexity index is 784. The third kappa shape index (κ3) is 5.69. The van der Waals surface area contributed by atoms with Crippen LogP contribution in [0.25, 0.3) is 0 Å². The van der Waals surface area contributed by atoms with Crippen LogP contribution in [-0.2, 0) is 17.6 Å². The molecule has 8 heteroatoms. The van der Waals surface area contributed by atoms with E-state index in [-0.39, 0.29) is 6.61 Å². The van der Waals surface area contributed by atoms with E-state index in [2.05, 4.69) is 15.5 Å². The second-order valence-electron chi connectivity index (χ2n) is 6.63. The van der Waals surface area contributed by atoms with E-state index in [1.54, 1.807) is 19.2 Å². The van der Waals surface area contributed by atoms with Gasteiger partial charge >= 0.3 is 6.18 Å². The average molecular weight is 393 g/mol. The van der Waals surface area contributed by atoms with Gasteiger partial charge in [-0.2, -0.15) is 13.2 Å². The lowest BCUT2D eigenvalue weighted by Crippen LogP contribution is -2.28. The van der Waals surface area contributed by atoms with Gasteiger partial charge in [-0.25, -0.2) is 4.98 Å². The summed E-state index contributed by atoms with van der Waals surface area (Å²) in [6.07, 6.45) is -0.412. The van der Waals surface area contributed by atoms with Gasteiger partial charge in [0.15, 0.2) is 0 Å². The smallest absolute Gasteiger partial charge is 0.416 e. The highest BCUT2D eigenvalue weighted by molar-refractivity contribution is 5.98. The molecule has 0 bridgehead atoms. The van der Waals surface area contributed by atoms with Gasteiger partial charge in [-0.3, -0.25) is 0 Å². The highest BCUT2D eigenvalue weighted by Gasteiger charge is 2.29. The van der Waals surface area contributed by atoms with Crippen molar-refractivity contribution >= 4 is 5.71 Å². The first-order chi connectivity index (χ1) is 13.4. The zero-order valence-electron chi connectivity index (χ0n) is 15.5. The molecule has 1 aliphatic heterocycles. The van der Waals surface area contributed by atoms with E-state index in [0.717, 1.165) is 30.7 Å². The number of oxime groups is 1. The maximum atomic E-state index is 12.5. The summed E-state index contributed by atoms with van der Waals surface area (Å²) in [6, 6.07) is 8.80. The topological polar surface area (TPSA) is 55.7 Å². The standard InChI is InChI=1S/C20H22F3N3O2/c1-14(26-28-12-15-4-7-17(8-5-15)20(21,22)23)16-6-9-19(25-11-16)27-13-18-3-2-10-24-18/h4-9,11,18,24H,2-3,10,12-13H2,1H3. The lowest BCUT2D eigenvalue weighted by atomic mass is 10.1. The van der Waals surface area contributed by atoms with Crippen LogP contribution in [0.3, 0.4) is 0 Å². The molecule has 0 spiro atoms. The number of hydrogen-bond donors (Lipinski definition) is 1. The Morgan fingerprint density at radius 1 is 1.21 bits per heavy atom. The molecule has 1 unspecified atom stereocenters. The monoisotopic (exact) mass is 393 g/mol. The number of alkyl halides is 3. The number of nitrogens with one attached hydrogen (secondary N) is 1. The Morgan fingerprint density at radius 3 is 2.61 bits per heavy atom. The number of benzene rings is 1. The van der Waals surface area contributed by atoms with Crippen molar-refractivity contribution in [2.45, 2.75) is 38.6 Å². The largest absolute Gasteiger partial charge is 0.476 e. The molecular formula is C20H22F3N3O2. The minimum Gasteiger partial charge on any atom is -0.476 e. The van der Waals surface area contributed by atoms with E-state index in [4.69, 9.17) is 9.57 Å². The zero-order chi connectivity index (χ0) is 20.0. The quantitative estimate of drug-likeness (QED) is 0.567. The van der Waals surface area contributed by atoms with Crippen molar-refractivity contribution in [2.24, 2.45) is 5.16 Å². The Balaban J connectivity index is 1.49. The number of hydrogen-bond acceptors (Lipinski definition) is 5. The number of rotatable bonds is 7. The molecule has 2 heterocycles. The Labute approximate surface area is 161 Å². The fourth-order valence-electron chi connectivity index (χ4n) is 2.81. The second kappa shape index (κ2) is 9.05. The van der Waals surface area contributed by atoms with Crippen molar-refractivity contribution in [3.8, 4) is 5.88 Å². The van der Waals surface area contributed by atoms with Crippen molar-refractivity contribution in [2.75, 3.05) is 13.2 Å². The third-order valence-corrected chi connectivity index (χ3v) is 4.46. The predicted molar refractivity (Wildman–Crippen MR) is 99.2 cm³/mol. The number of ether oxygens (including phenoxy) is 1. The summed E-state index contributed by atoms with van der Waals surface area (Å²) in [4.78, 5) is 9.51. The van der Waals surface area contributed by atoms with Gasteiger partial charge in [-0.15, -0.1) is 0 Å². The summed E-state index contributed by atoms with van der Waals surface area (Å²) < 4.78 is 43.3. The van der Waals surface area contributed by atoms with Crippen LogP contribution in [-0.4, -0.2) is 29.9 Å². The summed E-state index contributed by atoms with van der Waals surface area (Å²) in [7, 11) is 0. The first kappa shape index (κ1) is 20.1. The molecule has 0 radical (unpaired) electrons. The molecule has 0 saturated carbocycles. The van der Waals surface area contributed by atoms with Gasteiger partial charge < -0.3 is 14.9 Å². The molecule has 1 fully saturated rings. The molecule has 1 aromatic carbocycles. The van der Waals surface area contributed by atoms with Gasteiger partial charge in [0, 0.05) is 23.9 Å². The highest BCUT2D eigenvalue weighted by atomic mass is 19.4. The van der Waals surface area contributed by atoms with Gasteiger partial charge in [0.25, 0.3) is 0 Å². The first-order valence-corrected chi connectivity index (χ1v) is 9.07. The molecule has 0 aliphatic carbocycles. The van der Waals surface area contributed by atoms with Crippen molar-refractivity contribution < 1.29 is 22.7 Å². The SMILES string of the molecule is CC(=NOCc1ccc(C(F)(F)F)cc1)c1ccc(OCC2CCCN2)nc1. The minimum atomic E-state index is -4.34. The first-order valence-electron chi connectivity index (χ1n) is 9.07. The van der Waals surface area contributed by atoms with E-state index in [9.17, 15) is 13.2 Å². The van der Waals surface area contributed by atoms with E-state index < -0.39 is 11.7 Å². The average Bonchev–Trinajstić information content (AvgIpc) is 3.20. The molecule has 28 heavy (non-hydrogen) atoms. The fourth-order valence-corrected chi connectivity index (χ4v) is 2.81. The van der Waals surface area contributed by atoms with Crippen LogP contribution in [0.5, 0.6) is 5.88 Å². The number of aromatic nitrogens is 1. The summed E-state index contributed by atoms with van der Waals surface area (Å²) in [5.74, 6) is 0.552. The van der Waals surface area contributed by atoms with Crippen LogP contribution in [0.1, 0.15) is 36.5 Å². The Morgan fingerprint density at radius 2 is 2.00 bits per heavy atom. The van der Waals surface area contributed by atoms with Crippen LogP contribution in [0, 0.1) is 0 Å². The molecule has 0 amide bonds. The maximum absolute atomic E-state index is 12.5. The summed E-state index contributed by atoms with van der Waals surface area (Å²) in [6.45, 7) is 3.48. The molecule has 1 saturated heterocycles. The van der Waals surface area contributed by atoms with Crippen LogP contribution in [0.15, 0.2) is 47.8 Å². The number of pyridine rings is 1. The van der Waals surface area contributed by atoms with Crippen LogP contribution < -0.4 is 10.1 Å². The fraction of sp³-hybridized carbons (Fsp3) is 0.400. The molecule has 1 aliphatic rings. The molecule has 150 valence electrons. The molecule has 1 N–H and O–H groups in total. The van der Waals surface area contributed by atoms with Crippen LogP contribution in [0.4, 0.5) is 13.2 Å². The van der Waals surface area contributed by atoms with E-state index in [0.29, 0.717) is 29.8 Å². The maximum Gasteiger partial charge on any atom is 0.416 e. The third-order valence-electron chi connectivity index (χ3n) is 4.46. The van der Waals surface area contributed by atoms with E-state index in [1.807, 2.05) is 6.07 Å².